The second-order valence-electron chi connectivity index (χ2n) is 9.69. The van der Waals surface area contributed by atoms with Crippen LogP contribution in [0.1, 0.15) is 25.3 Å². The van der Waals surface area contributed by atoms with Crippen LogP contribution in [-0.2, 0) is 4.74 Å². The van der Waals surface area contributed by atoms with E-state index in [1.807, 2.05) is 61.2 Å². The summed E-state index contributed by atoms with van der Waals surface area (Å²) >= 11 is 0. The first kappa shape index (κ1) is 29.5. The molecule has 0 fully saturated rings. The lowest BCUT2D eigenvalue weighted by molar-refractivity contribution is -0.135. The predicted molar refractivity (Wildman–Crippen MR) is 153 cm³/mol. The van der Waals surface area contributed by atoms with E-state index >= 15 is 0 Å². The van der Waals surface area contributed by atoms with Gasteiger partial charge in [0.1, 0.15) is 0 Å². The molecule has 0 aliphatic heterocycles. The molecule has 1 heterocycles. The number of nitrogens with one attached hydrogen (secondary N) is 3. The Morgan fingerprint density at radius 2 is 1.78 bits per heavy atom. The van der Waals surface area contributed by atoms with Crippen molar-refractivity contribution in [3.63, 3.8) is 0 Å². The quantitative estimate of drug-likeness (QED) is 0.187. The number of tetrazole rings is 1. The average Bonchev–Trinajstić information content (AvgIpc) is 3.47. The van der Waals surface area contributed by atoms with Gasteiger partial charge in [0, 0.05) is 37.4 Å². The molecule has 2 amide bonds. The molecule has 0 spiro atoms. The second-order valence-corrected chi connectivity index (χ2v) is 9.69. The van der Waals surface area contributed by atoms with Crippen LogP contribution in [0, 0.1) is 6.92 Å². The summed E-state index contributed by atoms with van der Waals surface area (Å²) in [5, 5.41) is 19.9. The van der Waals surface area contributed by atoms with Crippen LogP contribution in [0.2, 0.25) is 0 Å². The summed E-state index contributed by atoms with van der Waals surface area (Å²) in [6, 6.07) is 19.5. The fourth-order valence-corrected chi connectivity index (χ4v) is 4.55. The van der Waals surface area contributed by atoms with Crippen LogP contribution in [0.5, 0.6) is 0 Å². The van der Waals surface area contributed by atoms with Crippen molar-refractivity contribution in [1.29, 1.82) is 0 Å². The largest absolute Gasteiger partial charge is 0.389 e. The number of methoxy groups -OCH3 is 1. The molecular weight excluding hydrogens is 535 g/mol. The molecule has 3 aromatic carbocycles. The number of amides is 2. The third-order valence-corrected chi connectivity index (χ3v) is 6.50. The van der Waals surface area contributed by atoms with Crippen molar-refractivity contribution >= 4 is 23.1 Å². The highest BCUT2D eigenvalue weighted by Gasteiger charge is 2.28. The van der Waals surface area contributed by atoms with Crippen molar-refractivity contribution in [3.8, 4) is 22.5 Å². The third-order valence-electron chi connectivity index (χ3n) is 6.50. The number of alkyl halides is 3. The molecule has 0 aliphatic rings. The number of halogens is 3. The number of carbonyl (C=O) groups is 1. The molecule has 0 unspecified atom stereocenters. The zero-order chi connectivity index (χ0) is 29.4. The number of ether oxygens (including phenoxy) is 1. The summed E-state index contributed by atoms with van der Waals surface area (Å²) < 4.78 is 44.4. The van der Waals surface area contributed by atoms with E-state index < -0.39 is 18.6 Å². The summed E-state index contributed by atoms with van der Waals surface area (Å²) in [7, 11) is 1.54. The van der Waals surface area contributed by atoms with Crippen molar-refractivity contribution in [3.05, 3.63) is 72.3 Å². The zero-order valence-electron chi connectivity index (χ0n) is 23.0. The van der Waals surface area contributed by atoms with E-state index in [1.54, 1.807) is 24.3 Å². The smallest absolute Gasteiger partial charge is 0.383 e. The number of hydrogen-bond acceptors (Lipinski definition) is 6. The molecule has 0 radical (unpaired) electrons. The molecule has 9 nitrogen and oxygen atoms in total. The number of rotatable bonds is 11. The molecule has 41 heavy (non-hydrogen) atoms. The number of urea groups is 1. The van der Waals surface area contributed by atoms with E-state index in [2.05, 4.69) is 31.3 Å². The zero-order valence-corrected chi connectivity index (χ0v) is 23.0. The minimum absolute atomic E-state index is 0.109. The van der Waals surface area contributed by atoms with Crippen LogP contribution >= 0.6 is 0 Å². The third kappa shape index (κ3) is 8.04. The minimum Gasteiger partial charge on any atom is -0.383 e. The molecular formula is C29H32F3N7O2. The molecule has 4 rings (SSSR count). The van der Waals surface area contributed by atoms with E-state index in [0.29, 0.717) is 22.9 Å². The Morgan fingerprint density at radius 3 is 2.44 bits per heavy atom. The van der Waals surface area contributed by atoms with Gasteiger partial charge >= 0.3 is 12.2 Å². The highest BCUT2D eigenvalue weighted by Crippen LogP contribution is 2.37. The van der Waals surface area contributed by atoms with Gasteiger partial charge < -0.3 is 20.3 Å². The molecule has 0 saturated heterocycles. The summed E-state index contributed by atoms with van der Waals surface area (Å²) in [4.78, 5) is 15.0. The molecule has 3 N–H and O–H groups in total. The monoisotopic (exact) mass is 567 g/mol. The normalized spacial score (nSPS) is 12.1. The van der Waals surface area contributed by atoms with Gasteiger partial charge in [-0.15, -0.1) is 5.10 Å². The highest BCUT2D eigenvalue weighted by atomic mass is 19.4. The Hall–Kier alpha value is -4.45. The molecule has 4 aromatic rings. The second kappa shape index (κ2) is 13.3. The van der Waals surface area contributed by atoms with Gasteiger partial charge in [-0.1, -0.05) is 48.0 Å². The van der Waals surface area contributed by atoms with Crippen molar-refractivity contribution in [1.82, 2.24) is 20.6 Å². The minimum atomic E-state index is -4.27. The fourth-order valence-electron chi connectivity index (χ4n) is 4.55. The van der Waals surface area contributed by atoms with Crippen LogP contribution in [0.3, 0.4) is 0 Å². The number of H-pyrrole nitrogens is 1. The van der Waals surface area contributed by atoms with Crippen molar-refractivity contribution in [2.75, 3.05) is 35.8 Å². The Bertz CT molecular complexity index is 1430. The standard InChI is InChI=1S/C29H32F3N7O2/c1-19-9-12-22(13-10-19)33-28(40)34-25-17-21(23-7-4-5-8-24(23)27-35-37-38-36-27)11-14-26(25)39(20(2)18-41-3)16-6-15-29(30,31)32/h4-5,7-14,17,20H,6,15-16,18H2,1-3H3,(H2,33,34,40)(H,35,36,37,38)/t20-/m0/s1. The highest BCUT2D eigenvalue weighted by molar-refractivity contribution is 6.02. The van der Waals surface area contributed by atoms with E-state index in [0.717, 1.165) is 22.3 Å². The van der Waals surface area contributed by atoms with Crippen LogP contribution in [0.4, 0.5) is 35.0 Å². The summed E-state index contributed by atoms with van der Waals surface area (Å²) in [6.45, 7) is 4.21. The lowest BCUT2D eigenvalue weighted by atomic mass is 9.98. The number of hydrogen-bond donors (Lipinski definition) is 3. The van der Waals surface area contributed by atoms with E-state index in [9.17, 15) is 18.0 Å². The number of carbonyl (C=O) groups excluding carboxylic acids is 1. The van der Waals surface area contributed by atoms with Crippen molar-refractivity contribution < 1.29 is 22.7 Å². The van der Waals surface area contributed by atoms with Gasteiger partial charge in [0.05, 0.1) is 18.0 Å². The molecule has 0 saturated carbocycles. The van der Waals surface area contributed by atoms with Gasteiger partial charge in [-0.05, 0) is 66.1 Å². The first-order valence-corrected chi connectivity index (χ1v) is 13.1. The number of benzene rings is 3. The van der Waals surface area contributed by atoms with Crippen LogP contribution < -0.4 is 15.5 Å². The number of aromatic nitrogens is 4. The number of anilines is 3. The Morgan fingerprint density at radius 1 is 1.05 bits per heavy atom. The Labute approximate surface area is 236 Å². The van der Waals surface area contributed by atoms with Gasteiger partial charge in [0.2, 0.25) is 0 Å². The summed E-state index contributed by atoms with van der Waals surface area (Å²) in [5.41, 5.74) is 4.94. The lowest BCUT2D eigenvalue weighted by Gasteiger charge is -2.33. The van der Waals surface area contributed by atoms with Crippen LogP contribution in [-0.4, -0.2) is 59.1 Å². The van der Waals surface area contributed by atoms with Crippen molar-refractivity contribution in [2.24, 2.45) is 0 Å². The first-order valence-electron chi connectivity index (χ1n) is 13.1. The van der Waals surface area contributed by atoms with E-state index in [4.69, 9.17) is 4.74 Å². The number of aryl methyl sites for hydroxylation is 1. The first-order chi connectivity index (χ1) is 19.6. The van der Waals surface area contributed by atoms with Crippen LogP contribution in [0.15, 0.2) is 66.7 Å². The van der Waals surface area contributed by atoms with Gasteiger partial charge in [0.25, 0.3) is 0 Å². The van der Waals surface area contributed by atoms with Crippen LogP contribution in [0.25, 0.3) is 22.5 Å². The topological polar surface area (TPSA) is 108 Å². The fraction of sp³-hybridized carbons (Fsp3) is 0.310. The molecule has 1 aromatic heterocycles. The molecule has 216 valence electrons. The van der Waals surface area contributed by atoms with Crippen molar-refractivity contribution in [2.45, 2.75) is 38.9 Å². The maximum atomic E-state index is 13.1. The van der Waals surface area contributed by atoms with Gasteiger partial charge in [-0.25, -0.2) is 9.89 Å². The molecule has 12 heteroatoms. The summed E-state index contributed by atoms with van der Waals surface area (Å²) in [5.74, 6) is 0.471. The van der Waals surface area contributed by atoms with E-state index in [1.165, 1.54) is 7.11 Å². The SMILES string of the molecule is COC[C@H](C)N(CCCC(F)(F)F)c1ccc(-c2ccccc2-c2nnn[nH]2)cc1NC(=O)Nc1ccc(C)cc1. The molecule has 1 atom stereocenters. The van der Waals surface area contributed by atoms with E-state index in [-0.39, 0.29) is 25.6 Å². The Kier molecular flexibility index (Phi) is 9.56. The Balaban J connectivity index is 1.73. The number of aromatic amines is 1. The number of nitrogens with zero attached hydrogens (tertiary/aromatic N) is 4. The maximum Gasteiger partial charge on any atom is 0.389 e. The average molecular weight is 568 g/mol. The van der Waals surface area contributed by atoms with Gasteiger partial charge in [0.15, 0.2) is 5.82 Å². The van der Waals surface area contributed by atoms with Gasteiger partial charge in [-0.3, -0.25) is 0 Å². The predicted octanol–water partition coefficient (Wildman–Crippen LogP) is 6.67. The maximum absolute atomic E-state index is 13.1. The molecule has 0 aliphatic carbocycles. The van der Waals surface area contributed by atoms with Gasteiger partial charge in [-0.2, -0.15) is 13.2 Å². The lowest BCUT2D eigenvalue weighted by Crippen LogP contribution is -2.38. The summed E-state index contributed by atoms with van der Waals surface area (Å²) in [6.07, 6.45) is -5.31. The molecule has 0 bridgehead atoms.